The zero-order valence-electron chi connectivity index (χ0n) is 8.07. The molecule has 0 heterocycles. The quantitative estimate of drug-likeness (QED) is 0.430. The van der Waals surface area contributed by atoms with Crippen LogP contribution in [0.4, 0.5) is 4.39 Å². The third-order valence-corrected chi connectivity index (χ3v) is 1.68. The van der Waals surface area contributed by atoms with Crippen molar-refractivity contribution in [2.75, 3.05) is 7.11 Å². The summed E-state index contributed by atoms with van der Waals surface area (Å²) in [5.41, 5.74) is 0.633. The fraction of sp³-hybridized carbons (Fsp3) is 0.0909. The number of esters is 1. The Morgan fingerprint density at radius 3 is 2.40 bits per heavy atom. The second-order valence-electron chi connectivity index (χ2n) is 2.74. The Balaban J connectivity index is 2.69. The van der Waals surface area contributed by atoms with E-state index in [1.54, 1.807) is 0 Å². The van der Waals surface area contributed by atoms with Crippen LogP contribution in [-0.2, 0) is 14.3 Å². The third kappa shape index (κ3) is 3.34. The van der Waals surface area contributed by atoms with Gasteiger partial charge in [0, 0.05) is 0 Å². The van der Waals surface area contributed by atoms with Gasteiger partial charge in [0.15, 0.2) is 0 Å². The molecule has 0 aliphatic carbocycles. The monoisotopic (exact) mass is 208 g/mol. The summed E-state index contributed by atoms with van der Waals surface area (Å²) < 4.78 is 16.7. The third-order valence-electron chi connectivity index (χ3n) is 1.68. The number of methoxy groups -OCH3 is 1. The highest BCUT2D eigenvalue weighted by Crippen LogP contribution is 2.04. The van der Waals surface area contributed by atoms with E-state index in [0.717, 1.165) is 13.2 Å². The summed E-state index contributed by atoms with van der Waals surface area (Å²) in [7, 11) is 1.13. The molecule has 0 radical (unpaired) electrons. The summed E-state index contributed by atoms with van der Waals surface area (Å²) in [6.45, 7) is 0. The first kappa shape index (κ1) is 11.1. The SMILES string of the molecule is COC(=O)C(=O)C=Cc1ccc(F)cc1. The fourth-order valence-electron chi connectivity index (χ4n) is 0.914. The van der Waals surface area contributed by atoms with Crippen molar-refractivity contribution in [2.45, 2.75) is 0 Å². The first-order valence-electron chi connectivity index (χ1n) is 4.19. The van der Waals surface area contributed by atoms with E-state index >= 15 is 0 Å². The summed E-state index contributed by atoms with van der Waals surface area (Å²) in [5, 5.41) is 0. The molecule has 0 aliphatic heterocycles. The molecule has 0 spiro atoms. The zero-order valence-corrected chi connectivity index (χ0v) is 8.07. The molecule has 0 atom stereocenters. The van der Waals surface area contributed by atoms with Crippen molar-refractivity contribution in [3.05, 3.63) is 41.7 Å². The molecule has 4 heteroatoms. The largest absolute Gasteiger partial charge is 0.463 e. The molecular weight excluding hydrogens is 199 g/mol. The molecule has 0 bridgehead atoms. The summed E-state index contributed by atoms with van der Waals surface area (Å²) in [4.78, 5) is 21.7. The maximum atomic E-state index is 12.5. The van der Waals surface area contributed by atoms with Gasteiger partial charge in [-0.15, -0.1) is 0 Å². The van der Waals surface area contributed by atoms with E-state index in [-0.39, 0.29) is 5.82 Å². The number of hydrogen-bond donors (Lipinski definition) is 0. The van der Waals surface area contributed by atoms with Crippen molar-refractivity contribution in [3.8, 4) is 0 Å². The van der Waals surface area contributed by atoms with Crippen LogP contribution in [0.5, 0.6) is 0 Å². The molecule has 15 heavy (non-hydrogen) atoms. The molecule has 0 unspecified atom stereocenters. The van der Waals surface area contributed by atoms with Gasteiger partial charge in [-0.2, -0.15) is 0 Å². The van der Waals surface area contributed by atoms with Crippen molar-refractivity contribution in [2.24, 2.45) is 0 Å². The van der Waals surface area contributed by atoms with Gasteiger partial charge < -0.3 is 4.74 Å². The standard InChI is InChI=1S/C11H9FO3/c1-15-11(14)10(13)7-4-8-2-5-9(12)6-3-8/h2-7H,1H3. The maximum Gasteiger partial charge on any atom is 0.378 e. The van der Waals surface area contributed by atoms with E-state index in [1.165, 1.54) is 30.3 Å². The van der Waals surface area contributed by atoms with E-state index < -0.39 is 11.8 Å². The highest BCUT2D eigenvalue weighted by molar-refractivity contribution is 6.39. The molecule has 0 saturated carbocycles. The fourth-order valence-corrected chi connectivity index (χ4v) is 0.914. The van der Waals surface area contributed by atoms with Gasteiger partial charge in [-0.1, -0.05) is 18.2 Å². The van der Waals surface area contributed by atoms with E-state index in [2.05, 4.69) is 4.74 Å². The molecule has 0 amide bonds. The van der Waals surface area contributed by atoms with Gasteiger partial charge in [-0.25, -0.2) is 9.18 Å². The average Bonchev–Trinajstić information content (AvgIpc) is 2.26. The van der Waals surface area contributed by atoms with Gasteiger partial charge in [0.05, 0.1) is 7.11 Å². The van der Waals surface area contributed by atoms with Crippen molar-refractivity contribution >= 4 is 17.8 Å². The van der Waals surface area contributed by atoms with Gasteiger partial charge in [-0.05, 0) is 23.8 Å². The Hall–Kier alpha value is -1.97. The van der Waals surface area contributed by atoms with Crippen LogP contribution in [0.15, 0.2) is 30.3 Å². The predicted octanol–water partition coefficient (Wildman–Crippen LogP) is 1.58. The average molecular weight is 208 g/mol. The van der Waals surface area contributed by atoms with Gasteiger partial charge >= 0.3 is 5.97 Å². The number of ketones is 1. The minimum Gasteiger partial charge on any atom is -0.463 e. The smallest absolute Gasteiger partial charge is 0.378 e. The Bertz CT molecular complexity index is 393. The van der Waals surface area contributed by atoms with Crippen LogP contribution in [0, 0.1) is 5.82 Å². The molecule has 0 N–H and O–H groups in total. The highest BCUT2D eigenvalue weighted by atomic mass is 19.1. The number of rotatable bonds is 3. The predicted molar refractivity (Wildman–Crippen MR) is 52.5 cm³/mol. The number of carbonyl (C=O) groups excluding carboxylic acids is 2. The molecule has 0 saturated heterocycles. The Labute approximate surface area is 86.2 Å². The summed E-state index contributed by atoms with van der Waals surface area (Å²) in [6, 6.07) is 5.53. The van der Waals surface area contributed by atoms with Crippen molar-refractivity contribution in [1.29, 1.82) is 0 Å². The normalized spacial score (nSPS) is 10.3. The van der Waals surface area contributed by atoms with Crippen LogP contribution in [0.1, 0.15) is 5.56 Å². The lowest BCUT2D eigenvalue weighted by atomic mass is 10.2. The number of ether oxygens (including phenoxy) is 1. The molecule has 1 aromatic rings. The minimum absolute atomic E-state index is 0.355. The Morgan fingerprint density at radius 2 is 1.87 bits per heavy atom. The molecule has 1 rings (SSSR count). The molecule has 78 valence electrons. The minimum atomic E-state index is -0.923. The lowest BCUT2D eigenvalue weighted by molar-refractivity contribution is -0.149. The molecular formula is C11H9FO3. The van der Waals surface area contributed by atoms with Gasteiger partial charge in [0.1, 0.15) is 5.82 Å². The van der Waals surface area contributed by atoms with Crippen molar-refractivity contribution < 1.29 is 18.7 Å². The van der Waals surface area contributed by atoms with Crippen LogP contribution < -0.4 is 0 Å². The zero-order chi connectivity index (χ0) is 11.3. The van der Waals surface area contributed by atoms with Gasteiger partial charge in [0.25, 0.3) is 5.78 Å². The number of benzene rings is 1. The first-order chi connectivity index (χ1) is 7.13. The lowest BCUT2D eigenvalue weighted by Crippen LogP contribution is -2.12. The molecule has 1 aromatic carbocycles. The second-order valence-corrected chi connectivity index (χ2v) is 2.74. The van der Waals surface area contributed by atoms with Gasteiger partial charge in [-0.3, -0.25) is 4.79 Å². The van der Waals surface area contributed by atoms with Gasteiger partial charge in [0.2, 0.25) is 0 Å². The number of carbonyl (C=O) groups is 2. The van der Waals surface area contributed by atoms with Crippen LogP contribution >= 0.6 is 0 Å². The molecule has 0 aromatic heterocycles. The van der Waals surface area contributed by atoms with Crippen LogP contribution in [0.3, 0.4) is 0 Å². The van der Waals surface area contributed by atoms with E-state index in [4.69, 9.17) is 0 Å². The molecule has 0 fully saturated rings. The summed E-state index contributed by atoms with van der Waals surface area (Å²) in [6.07, 6.45) is 2.50. The second kappa shape index (κ2) is 5.05. The molecule has 3 nitrogen and oxygen atoms in total. The van der Waals surface area contributed by atoms with E-state index in [9.17, 15) is 14.0 Å². The number of halogens is 1. The Kier molecular flexibility index (Phi) is 3.74. The number of hydrogen-bond acceptors (Lipinski definition) is 3. The van der Waals surface area contributed by atoms with E-state index in [0.29, 0.717) is 5.56 Å². The highest BCUT2D eigenvalue weighted by Gasteiger charge is 2.08. The maximum absolute atomic E-state index is 12.5. The summed E-state index contributed by atoms with van der Waals surface area (Å²) >= 11 is 0. The van der Waals surface area contributed by atoms with E-state index in [1.807, 2.05) is 0 Å². The lowest BCUT2D eigenvalue weighted by Gasteiger charge is -1.93. The molecule has 0 aliphatic rings. The topological polar surface area (TPSA) is 43.4 Å². The van der Waals surface area contributed by atoms with Crippen molar-refractivity contribution in [3.63, 3.8) is 0 Å². The van der Waals surface area contributed by atoms with Crippen LogP contribution in [0.25, 0.3) is 6.08 Å². The first-order valence-corrected chi connectivity index (χ1v) is 4.19. The van der Waals surface area contributed by atoms with Crippen LogP contribution in [-0.4, -0.2) is 18.9 Å². The van der Waals surface area contributed by atoms with Crippen LogP contribution in [0.2, 0.25) is 0 Å². The Morgan fingerprint density at radius 1 is 1.27 bits per heavy atom. The summed E-state index contributed by atoms with van der Waals surface area (Å²) in [5.74, 6) is -2.03. The van der Waals surface area contributed by atoms with Crippen molar-refractivity contribution in [1.82, 2.24) is 0 Å².